The minimum Gasteiger partial charge on any atom is -0.330 e. The third-order valence-corrected chi connectivity index (χ3v) is 3.75. The standard InChI is InChI=1S/C14H12N6O4S/c1-8-11(20(23)24)6-18(16-8)7-12(21)17-19-13(22)9-4-2-3-5-10(9)15-14(19)25/h2-6H,7H2,1H3,(H,15,25)(H,17,21). The number of carbonyl (C=O) groups excluding carboxylic acids is 1. The van der Waals surface area contributed by atoms with E-state index in [1.807, 2.05) is 0 Å². The average Bonchev–Trinajstić information content (AvgIpc) is 2.92. The van der Waals surface area contributed by atoms with Crippen LogP contribution < -0.4 is 11.0 Å². The molecule has 0 saturated heterocycles. The molecule has 0 aliphatic rings. The van der Waals surface area contributed by atoms with Crippen LogP contribution in [0.5, 0.6) is 0 Å². The van der Waals surface area contributed by atoms with Crippen molar-refractivity contribution in [2.75, 3.05) is 5.43 Å². The largest absolute Gasteiger partial charge is 0.330 e. The molecular weight excluding hydrogens is 348 g/mol. The second-order valence-corrected chi connectivity index (χ2v) is 5.59. The Hall–Kier alpha value is -3.34. The normalized spacial score (nSPS) is 10.8. The number of hydrogen-bond acceptors (Lipinski definition) is 6. The smallest absolute Gasteiger partial charge is 0.309 e. The second-order valence-electron chi connectivity index (χ2n) is 5.21. The summed E-state index contributed by atoms with van der Waals surface area (Å²) in [5.74, 6) is -0.603. The molecule has 0 aliphatic carbocycles. The van der Waals surface area contributed by atoms with Crippen molar-refractivity contribution >= 4 is 34.7 Å². The highest BCUT2D eigenvalue weighted by molar-refractivity contribution is 7.71. The molecule has 2 N–H and O–H groups in total. The van der Waals surface area contributed by atoms with Gasteiger partial charge in [0.2, 0.25) is 0 Å². The Morgan fingerprint density at radius 1 is 1.44 bits per heavy atom. The highest BCUT2D eigenvalue weighted by Gasteiger charge is 2.17. The number of fused-ring (bicyclic) bond motifs is 1. The maximum atomic E-state index is 12.4. The third kappa shape index (κ3) is 3.17. The van der Waals surface area contributed by atoms with Crippen molar-refractivity contribution in [2.24, 2.45) is 0 Å². The number of nitrogens with one attached hydrogen (secondary N) is 2. The first-order chi connectivity index (χ1) is 11.9. The first kappa shape index (κ1) is 16.5. The number of aromatic nitrogens is 4. The van der Waals surface area contributed by atoms with Gasteiger partial charge in [0.05, 0.1) is 15.8 Å². The van der Waals surface area contributed by atoms with E-state index in [1.165, 1.54) is 6.92 Å². The summed E-state index contributed by atoms with van der Waals surface area (Å²) >= 11 is 5.09. The van der Waals surface area contributed by atoms with E-state index < -0.39 is 16.4 Å². The van der Waals surface area contributed by atoms with Crippen molar-refractivity contribution in [3.63, 3.8) is 0 Å². The van der Waals surface area contributed by atoms with Crippen LogP contribution >= 0.6 is 12.2 Å². The van der Waals surface area contributed by atoms with Gasteiger partial charge >= 0.3 is 5.69 Å². The molecule has 0 bridgehead atoms. The summed E-state index contributed by atoms with van der Waals surface area (Å²) in [6, 6.07) is 6.75. The summed E-state index contributed by atoms with van der Waals surface area (Å²) in [4.78, 5) is 37.7. The summed E-state index contributed by atoms with van der Waals surface area (Å²) < 4.78 is 2.08. The Morgan fingerprint density at radius 2 is 2.16 bits per heavy atom. The number of hydrogen-bond donors (Lipinski definition) is 2. The molecule has 1 aromatic carbocycles. The van der Waals surface area contributed by atoms with Gasteiger partial charge in [-0.1, -0.05) is 12.1 Å². The van der Waals surface area contributed by atoms with Crippen molar-refractivity contribution in [3.05, 3.63) is 61.4 Å². The SMILES string of the molecule is Cc1nn(CC(=O)Nn2c(=S)[nH]c3ccccc3c2=O)cc1[N+](=O)[O-]. The minimum atomic E-state index is -0.603. The molecule has 10 nitrogen and oxygen atoms in total. The highest BCUT2D eigenvalue weighted by Crippen LogP contribution is 2.14. The molecule has 128 valence electrons. The van der Waals surface area contributed by atoms with E-state index in [9.17, 15) is 19.7 Å². The van der Waals surface area contributed by atoms with Gasteiger partial charge in [0.25, 0.3) is 11.5 Å². The van der Waals surface area contributed by atoms with E-state index in [4.69, 9.17) is 12.2 Å². The average molecular weight is 360 g/mol. The summed E-state index contributed by atoms with van der Waals surface area (Å²) in [7, 11) is 0. The summed E-state index contributed by atoms with van der Waals surface area (Å²) in [6.07, 6.45) is 1.15. The van der Waals surface area contributed by atoms with E-state index in [0.29, 0.717) is 10.9 Å². The number of amides is 1. The van der Waals surface area contributed by atoms with E-state index in [2.05, 4.69) is 15.5 Å². The van der Waals surface area contributed by atoms with Gasteiger partial charge in [-0.05, 0) is 31.3 Å². The number of nitrogens with zero attached hydrogens (tertiary/aromatic N) is 4. The van der Waals surface area contributed by atoms with Crippen LogP contribution in [-0.2, 0) is 11.3 Å². The molecule has 3 rings (SSSR count). The van der Waals surface area contributed by atoms with Gasteiger partial charge in [0.1, 0.15) is 18.4 Å². The van der Waals surface area contributed by atoms with Crippen LogP contribution in [0.1, 0.15) is 5.69 Å². The van der Waals surface area contributed by atoms with Crippen LogP contribution in [0.25, 0.3) is 10.9 Å². The van der Waals surface area contributed by atoms with Gasteiger partial charge in [0.15, 0.2) is 4.77 Å². The first-order valence-electron chi connectivity index (χ1n) is 7.09. The molecule has 25 heavy (non-hydrogen) atoms. The Bertz CT molecular complexity index is 1110. The van der Waals surface area contributed by atoms with E-state index in [-0.39, 0.29) is 22.7 Å². The first-order valence-corrected chi connectivity index (χ1v) is 7.50. The molecule has 0 spiro atoms. The van der Waals surface area contributed by atoms with Crippen molar-refractivity contribution in [1.29, 1.82) is 0 Å². The Balaban J connectivity index is 1.88. The topological polar surface area (TPSA) is 128 Å². The van der Waals surface area contributed by atoms with Gasteiger partial charge in [-0.3, -0.25) is 29.8 Å². The van der Waals surface area contributed by atoms with Crippen molar-refractivity contribution in [3.8, 4) is 0 Å². The fourth-order valence-electron chi connectivity index (χ4n) is 2.34. The predicted molar refractivity (Wildman–Crippen MR) is 91.4 cm³/mol. The molecule has 2 aromatic heterocycles. The number of carbonyl (C=O) groups is 1. The maximum absolute atomic E-state index is 12.4. The second kappa shape index (κ2) is 6.28. The van der Waals surface area contributed by atoms with E-state index >= 15 is 0 Å². The molecule has 11 heteroatoms. The summed E-state index contributed by atoms with van der Waals surface area (Å²) in [5.41, 5.74) is 2.46. The summed E-state index contributed by atoms with van der Waals surface area (Å²) in [5, 5.41) is 15.1. The third-order valence-electron chi connectivity index (χ3n) is 3.46. The lowest BCUT2D eigenvalue weighted by atomic mass is 10.2. The lowest BCUT2D eigenvalue weighted by molar-refractivity contribution is -0.385. The number of aryl methyl sites for hydroxylation is 1. The number of nitro groups is 1. The van der Waals surface area contributed by atoms with Gasteiger partial charge in [-0.15, -0.1) is 0 Å². The van der Waals surface area contributed by atoms with Crippen LogP contribution in [0, 0.1) is 21.8 Å². The number of H-pyrrole nitrogens is 1. The fourth-order valence-corrected chi connectivity index (χ4v) is 2.58. The van der Waals surface area contributed by atoms with E-state index in [1.54, 1.807) is 24.3 Å². The number of para-hydroxylation sites is 1. The molecule has 0 aliphatic heterocycles. The lowest BCUT2D eigenvalue weighted by Crippen LogP contribution is -2.36. The van der Waals surface area contributed by atoms with Crippen molar-refractivity contribution in [2.45, 2.75) is 13.5 Å². The highest BCUT2D eigenvalue weighted by atomic mass is 32.1. The predicted octanol–water partition coefficient (Wildman–Crippen LogP) is 1.24. The van der Waals surface area contributed by atoms with Crippen LogP contribution in [0.2, 0.25) is 0 Å². The molecular formula is C14H12N6O4S. The quantitative estimate of drug-likeness (QED) is 0.409. The molecule has 0 radical (unpaired) electrons. The molecule has 0 unspecified atom stereocenters. The van der Waals surface area contributed by atoms with Gasteiger partial charge < -0.3 is 4.98 Å². The zero-order valence-electron chi connectivity index (χ0n) is 12.9. The molecule has 0 fully saturated rings. The monoisotopic (exact) mass is 360 g/mol. The Morgan fingerprint density at radius 3 is 2.84 bits per heavy atom. The van der Waals surface area contributed by atoms with Gasteiger partial charge in [-0.2, -0.15) is 9.77 Å². The minimum absolute atomic E-state index is 0.0275. The molecule has 3 aromatic rings. The number of aromatic amines is 1. The van der Waals surface area contributed by atoms with E-state index in [0.717, 1.165) is 15.6 Å². The van der Waals surface area contributed by atoms with Crippen LogP contribution in [0.15, 0.2) is 35.3 Å². The Labute approximate surface area is 144 Å². The maximum Gasteiger partial charge on any atom is 0.309 e. The van der Waals surface area contributed by atoms with Crippen LogP contribution in [0.3, 0.4) is 0 Å². The van der Waals surface area contributed by atoms with Crippen molar-refractivity contribution in [1.82, 2.24) is 19.4 Å². The van der Waals surface area contributed by atoms with Crippen molar-refractivity contribution < 1.29 is 9.72 Å². The molecule has 1 amide bonds. The fraction of sp³-hybridized carbons (Fsp3) is 0.143. The van der Waals surface area contributed by atoms with Gasteiger partial charge in [-0.25, -0.2) is 0 Å². The van der Waals surface area contributed by atoms with Gasteiger partial charge in [0, 0.05) is 0 Å². The summed E-state index contributed by atoms with van der Waals surface area (Å²) in [6.45, 7) is 1.17. The molecule has 0 saturated carbocycles. The number of rotatable bonds is 4. The molecule has 2 heterocycles. The zero-order valence-corrected chi connectivity index (χ0v) is 13.7. The Kier molecular flexibility index (Phi) is 4.15. The zero-order chi connectivity index (χ0) is 18.1. The number of benzene rings is 1. The lowest BCUT2D eigenvalue weighted by Gasteiger charge is -2.09. The van der Waals surface area contributed by atoms with Crippen LogP contribution in [0.4, 0.5) is 5.69 Å². The molecule has 0 atom stereocenters. The van der Waals surface area contributed by atoms with Crippen LogP contribution in [-0.4, -0.2) is 30.3 Å².